The number of rotatable bonds is 2. The average molecular weight is 223 g/mol. The second-order valence-corrected chi connectivity index (χ2v) is 3.23. The highest BCUT2D eigenvalue weighted by Gasteiger charge is 2.16. The van der Waals surface area contributed by atoms with Gasteiger partial charge in [-0.3, -0.25) is 0 Å². The molecule has 1 aromatic carbocycles. The summed E-state index contributed by atoms with van der Waals surface area (Å²) in [6.07, 6.45) is 0. The quantitative estimate of drug-likeness (QED) is 0.582. The van der Waals surface area contributed by atoms with Gasteiger partial charge in [0.2, 0.25) is 0 Å². The van der Waals surface area contributed by atoms with Crippen LogP contribution >= 0.6 is 12.6 Å². The van der Waals surface area contributed by atoms with Crippen molar-refractivity contribution in [2.75, 3.05) is 7.11 Å². The van der Waals surface area contributed by atoms with Gasteiger partial charge in [-0.2, -0.15) is 5.26 Å². The van der Waals surface area contributed by atoms with E-state index >= 15 is 0 Å². The number of esters is 1. The Hall–Kier alpha value is -1.51. The summed E-state index contributed by atoms with van der Waals surface area (Å²) in [5, 5.41) is 18.0. The number of carbonyl (C=O) groups excluding carboxylic acids is 1. The third-order valence-electron chi connectivity index (χ3n) is 1.97. The van der Waals surface area contributed by atoms with Gasteiger partial charge in [-0.1, -0.05) is 0 Å². The van der Waals surface area contributed by atoms with Crippen molar-refractivity contribution in [2.45, 2.75) is 11.5 Å². The van der Waals surface area contributed by atoms with Gasteiger partial charge in [-0.05, 0) is 12.1 Å². The highest BCUT2D eigenvalue weighted by atomic mass is 32.1. The number of ether oxygens (including phenoxy) is 1. The van der Waals surface area contributed by atoms with E-state index in [0.29, 0.717) is 4.90 Å². The van der Waals surface area contributed by atoms with Crippen LogP contribution in [0.15, 0.2) is 17.0 Å². The minimum Gasteiger partial charge on any atom is -0.465 e. The summed E-state index contributed by atoms with van der Waals surface area (Å²) in [4.78, 5) is 11.7. The zero-order chi connectivity index (χ0) is 11.4. The zero-order valence-corrected chi connectivity index (χ0v) is 8.91. The first kappa shape index (κ1) is 11.6. The number of carbonyl (C=O) groups is 1. The maximum Gasteiger partial charge on any atom is 0.338 e. The molecule has 0 bridgehead atoms. The number of nitrogens with zero attached hydrogens (tertiary/aromatic N) is 1. The van der Waals surface area contributed by atoms with Gasteiger partial charge in [0.15, 0.2) is 0 Å². The fourth-order valence-electron chi connectivity index (χ4n) is 1.23. The Morgan fingerprint density at radius 2 is 2.33 bits per heavy atom. The summed E-state index contributed by atoms with van der Waals surface area (Å²) >= 11 is 4.06. The lowest BCUT2D eigenvalue weighted by molar-refractivity contribution is 0.0597. The summed E-state index contributed by atoms with van der Waals surface area (Å²) in [5.41, 5.74) is 0.634. The van der Waals surface area contributed by atoms with Crippen LogP contribution in [0.3, 0.4) is 0 Å². The molecule has 0 saturated carbocycles. The molecule has 0 atom stereocenters. The lowest BCUT2D eigenvalue weighted by Gasteiger charge is -2.08. The van der Waals surface area contributed by atoms with E-state index in [0.717, 1.165) is 0 Å². The van der Waals surface area contributed by atoms with Crippen LogP contribution in [0.25, 0.3) is 0 Å². The minimum atomic E-state index is -0.580. The van der Waals surface area contributed by atoms with Gasteiger partial charge in [-0.15, -0.1) is 12.6 Å². The Morgan fingerprint density at radius 3 is 2.80 bits per heavy atom. The van der Waals surface area contributed by atoms with E-state index in [2.05, 4.69) is 17.4 Å². The molecule has 0 spiro atoms. The molecule has 78 valence electrons. The Kier molecular flexibility index (Phi) is 3.72. The maximum absolute atomic E-state index is 11.3. The standard InChI is InChI=1S/C10H9NO3S/c1-14-10(13)6-2-3-9(15)7(4-11)8(6)5-12/h2-3,12,15H,5H2,1H3. The van der Waals surface area contributed by atoms with Crippen LogP contribution in [0.4, 0.5) is 0 Å². The Bertz CT molecular complexity index is 437. The van der Waals surface area contributed by atoms with Gasteiger partial charge in [0, 0.05) is 10.5 Å². The van der Waals surface area contributed by atoms with Crippen LogP contribution in [0, 0.1) is 11.3 Å². The molecule has 0 saturated heterocycles. The Morgan fingerprint density at radius 1 is 1.67 bits per heavy atom. The van der Waals surface area contributed by atoms with Crippen molar-refractivity contribution >= 4 is 18.6 Å². The van der Waals surface area contributed by atoms with Crippen molar-refractivity contribution in [3.8, 4) is 6.07 Å². The number of hydrogen-bond acceptors (Lipinski definition) is 5. The maximum atomic E-state index is 11.3. The lowest BCUT2D eigenvalue weighted by Crippen LogP contribution is -2.08. The van der Waals surface area contributed by atoms with Crippen LogP contribution in [0.1, 0.15) is 21.5 Å². The topological polar surface area (TPSA) is 70.3 Å². The summed E-state index contributed by atoms with van der Waals surface area (Å²) in [6.45, 7) is -0.401. The highest BCUT2D eigenvalue weighted by Crippen LogP contribution is 2.22. The number of nitriles is 1. The molecule has 0 fully saturated rings. The van der Waals surface area contributed by atoms with Crippen LogP contribution in [0.5, 0.6) is 0 Å². The summed E-state index contributed by atoms with van der Waals surface area (Å²) in [5.74, 6) is -0.580. The van der Waals surface area contributed by atoms with Crippen LogP contribution < -0.4 is 0 Å². The van der Waals surface area contributed by atoms with E-state index in [4.69, 9.17) is 10.4 Å². The van der Waals surface area contributed by atoms with Gasteiger partial charge in [0.05, 0.1) is 24.8 Å². The molecule has 0 unspecified atom stereocenters. The fraction of sp³-hybridized carbons (Fsp3) is 0.200. The van der Waals surface area contributed by atoms with Gasteiger partial charge >= 0.3 is 5.97 Å². The van der Waals surface area contributed by atoms with E-state index in [1.807, 2.05) is 6.07 Å². The van der Waals surface area contributed by atoms with E-state index < -0.39 is 12.6 Å². The molecule has 1 aromatic rings. The molecule has 0 aliphatic carbocycles. The van der Waals surface area contributed by atoms with Gasteiger partial charge < -0.3 is 9.84 Å². The van der Waals surface area contributed by atoms with Crippen LogP contribution in [-0.2, 0) is 11.3 Å². The minimum absolute atomic E-state index is 0.189. The number of methoxy groups -OCH3 is 1. The van der Waals surface area contributed by atoms with Gasteiger partial charge in [0.1, 0.15) is 6.07 Å². The van der Waals surface area contributed by atoms with Crippen molar-refractivity contribution in [1.82, 2.24) is 0 Å². The van der Waals surface area contributed by atoms with Gasteiger partial charge in [0.25, 0.3) is 0 Å². The average Bonchev–Trinajstić information content (AvgIpc) is 2.27. The highest BCUT2D eigenvalue weighted by molar-refractivity contribution is 7.80. The second kappa shape index (κ2) is 4.82. The summed E-state index contributed by atoms with van der Waals surface area (Å²) < 4.78 is 4.53. The molecular weight excluding hydrogens is 214 g/mol. The van der Waals surface area contributed by atoms with E-state index in [1.165, 1.54) is 19.2 Å². The number of hydrogen-bond donors (Lipinski definition) is 2. The predicted molar refractivity (Wildman–Crippen MR) is 55.7 cm³/mol. The predicted octanol–water partition coefficient (Wildman–Crippen LogP) is 1.13. The van der Waals surface area contributed by atoms with E-state index in [-0.39, 0.29) is 16.7 Å². The summed E-state index contributed by atoms with van der Waals surface area (Å²) in [6, 6.07) is 4.88. The van der Waals surface area contributed by atoms with Crippen molar-refractivity contribution in [1.29, 1.82) is 5.26 Å². The number of benzene rings is 1. The lowest BCUT2D eigenvalue weighted by atomic mass is 10.0. The molecule has 0 heterocycles. The number of aliphatic hydroxyl groups is 1. The molecule has 0 aliphatic rings. The molecule has 15 heavy (non-hydrogen) atoms. The molecule has 0 amide bonds. The second-order valence-electron chi connectivity index (χ2n) is 2.75. The van der Waals surface area contributed by atoms with Crippen molar-refractivity contribution in [3.05, 3.63) is 28.8 Å². The number of thiol groups is 1. The van der Waals surface area contributed by atoms with Crippen LogP contribution in [-0.4, -0.2) is 18.2 Å². The normalized spacial score (nSPS) is 9.47. The first-order chi connectivity index (χ1) is 7.15. The zero-order valence-electron chi connectivity index (χ0n) is 8.02. The third kappa shape index (κ3) is 2.12. The molecule has 0 aromatic heterocycles. The van der Waals surface area contributed by atoms with E-state index in [1.54, 1.807) is 0 Å². The fourth-order valence-corrected chi connectivity index (χ4v) is 1.49. The third-order valence-corrected chi connectivity index (χ3v) is 2.34. The molecule has 0 radical (unpaired) electrons. The van der Waals surface area contributed by atoms with Crippen molar-refractivity contribution < 1.29 is 14.6 Å². The molecule has 4 nitrogen and oxygen atoms in total. The van der Waals surface area contributed by atoms with Crippen molar-refractivity contribution in [3.63, 3.8) is 0 Å². The molecular formula is C10H9NO3S. The Balaban J connectivity index is 3.43. The molecule has 0 aliphatic heterocycles. The monoisotopic (exact) mass is 223 g/mol. The molecule has 5 heteroatoms. The molecule has 1 rings (SSSR count). The largest absolute Gasteiger partial charge is 0.465 e. The Labute approximate surface area is 92.5 Å². The SMILES string of the molecule is COC(=O)c1ccc(S)c(C#N)c1CO. The number of aliphatic hydroxyl groups excluding tert-OH is 1. The molecule has 1 N–H and O–H groups in total. The first-order valence-corrected chi connectivity index (χ1v) is 4.54. The summed E-state index contributed by atoms with van der Waals surface area (Å²) in [7, 11) is 1.24. The van der Waals surface area contributed by atoms with Crippen LogP contribution in [0.2, 0.25) is 0 Å². The smallest absolute Gasteiger partial charge is 0.338 e. The van der Waals surface area contributed by atoms with Gasteiger partial charge in [-0.25, -0.2) is 4.79 Å². The van der Waals surface area contributed by atoms with E-state index in [9.17, 15) is 4.79 Å². The first-order valence-electron chi connectivity index (χ1n) is 4.09. The van der Waals surface area contributed by atoms with Crippen molar-refractivity contribution in [2.24, 2.45) is 0 Å².